The van der Waals surface area contributed by atoms with Gasteiger partial charge < -0.3 is 19.7 Å². The second-order valence-electron chi connectivity index (χ2n) is 6.14. The number of hydrogen-bond donors (Lipinski definition) is 1. The van der Waals surface area contributed by atoms with E-state index in [4.69, 9.17) is 9.47 Å². The molecule has 1 atom stereocenters. The van der Waals surface area contributed by atoms with E-state index in [0.29, 0.717) is 19.9 Å². The third-order valence-corrected chi connectivity index (χ3v) is 5.34. The SMILES string of the molecule is C=C1c2sc3nc(C)cc(C)c3c2N=CN1COCC(COC)NC. The van der Waals surface area contributed by atoms with Crippen LogP contribution in [0.1, 0.15) is 16.1 Å². The highest BCUT2D eigenvalue weighted by molar-refractivity contribution is 7.20. The zero-order valence-corrected chi connectivity index (χ0v) is 15.9. The molecule has 134 valence electrons. The highest BCUT2D eigenvalue weighted by Crippen LogP contribution is 2.44. The number of nitrogens with zero attached hydrogens (tertiary/aromatic N) is 3. The van der Waals surface area contributed by atoms with Crippen LogP contribution in [-0.4, -0.2) is 56.4 Å². The summed E-state index contributed by atoms with van der Waals surface area (Å²) in [5.41, 5.74) is 4.09. The molecule has 0 saturated heterocycles. The lowest BCUT2D eigenvalue weighted by molar-refractivity contribution is 0.0503. The van der Waals surface area contributed by atoms with Crippen LogP contribution in [0.4, 0.5) is 5.69 Å². The lowest BCUT2D eigenvalue weighted by atomic mass is 10.1. The number of methoxy groups -OCH3 is 1. The Morgan fingerprint density at radius 1 is 1.36 bits per heavy atom. The molecular weight excluding hydrogens is 336 g/mol. The Morgan fingerprint density at radius 2 is 2.16 bits per heavy atom. The summed E-state index contributed by atoms with van der Waals surface area (Å²) in [4.78, 5) is 13.3. The number of hydrogen-bond acceptors (Lipinski definition) is 7. The molecule has 3 rings (SSSR count). The van der Waals surface area contributed by atoms with Crippen LogP contribution >= 0.6 is 11.3 Å². The van der Waals surface area contributed by atoms with E-state index in [2.05, 4.69) is 34.9 Å². The first-order valence-electron chi connectivity index (χ1n) is 8.20. The fourth-order valence-corrected chi connectivity index (χ4v) is 4.12. The van der Waals surface area contributed by atoms with Crippen LogP contribution in [0.3, 0.4) is 0 Å². The Kier molecular flexibility index (Phi) is 5.48. The van der Waals surface area contributed by atoms with Gasteiger partial charge in [-0.2, -0.15) is 0 Å². The fourth-order valence-electron chi connectivity index (χ4n) is 2.89. The van der Waals surface area contributed by atoms with E-state index in [1.54, 1.807) is 24.8 Å². The molecular formula is C18H24N4O2S. The van der Waals surface area contributed by atoms with E-state index in [1.165, 1.54) is 5.56 Å². The number of aryl methyl sites for hydroxylation is 2. The minimum Gasteiger partial charge on any atom is -0.383 e. The van der Waals surface area contributed by atoms with Crippen LogP contribution in [0.5, 0.6) is 0 Å². The largest absolute Gasteiger partial charge is 0.383 e. The number of aromatic nitrogens is 1. The van der Waals surface area contributed by atoms with Crippen molar-refractivity contribution < 1.29 is 9.47 Å². The lowest BCUT2D eigenvalue weighted by Crippen LogP contribution is -2.36. The smallest absolute Gasteiger partial charge is 0.126 e. The zero-order valence-electron chi connectivity index (χ0n) is 15.1. The molecule has 1 aliphatic heterocycles. The first-order valence-corrected chi connectivity index (χ1v) is 9.01. The standard InChI is InChI=1S/C18H24N4O2S/c1-11-6-12(2)21-18-15(11)16-17(25-18)13(3)22(9-20-16)10-24-8-14(19-4)7-23-5/h6,9,14,19H,3,7-8,10H2,1-2,4-5H3. The van der Waals surface area contributed by atoms with E-state index in [9.17, 15) is 0 Å². The van der Waals surface area contributed by atoms with Gasteiger partial charge in [-0.05, 0) is 32.5 Å². The van der Waals surface area contributed by atoms with Gasteiger partial charge in [0, 0.05) is 18.2 Å². The maximum atomic E-state index is 5.80. The number of nitrogens with one attached hydrogen (secondary N) is 1. The number of rotatable bonds is 7. The molecule has 25 heavy (non-hydrogen) atoms. The number of likely N-dealkylation sites (N-methyl/N-ethyl adjacent to an activating group) is 1. The van der Waals surface area contributed by atoms with Gasteiger partial charge >= 0.3 is 0 Å². The second kappa shape index (κ2) is 7.61. The molecule has 0 amide bonds. The molecule has 0 saturated carbocycles. The highest BCUT2D eigenvalue weighted by atomic mass is 32.1. The van der Waals surface area contributed by atoms with Gasteiger partial charge in [0.2, 0.25) is 0 Å². The van der Waals surface area contributed by atoms with Crippen LogP contribution < -0.4 is 5.32 Å². The second-order valence-corrected chi connectivity index (χ2v) is 7.14. The van der Waals surface area contributed by atoms with Gasteiger partial charge in [-0.1, -0.05) is 6.58 Å². The topological polar surface area (TPSA) is 59.0 Å². The Labute approximate surface area is 152 Å². The molecule has 6 nitrogen and oxygen atoms in total. The summed E-state index contributed by atoms with van der Waals surface area (Å²) in [6.07, 6.45) is 1.79. The van der Waals surface area contributed by atoms with Crippen molar-refractivity contribution in [1.82, 2.24) is 15.2 Å². The quantitative estimate of drug-likeness (QED) is 0.822. The van der Waals surface area contributed by atoms with Crippen molar-refractivity contribution >= 4 is 39.3 Å². The molecule has 3 heterocycles. The van der Waals surface area contributed by atoms with Crippen LogP contribution in [0.2, 0.25) is 0 Å². The minimum atomic E-state index is 0.162. The average molecular weight is 360 g/mol. The van der Waals surface area contributed by atoms with Gasteiger partial charge in [0.15, 0.2) is 0 Å². The third-order valence-electron chi connectivity index (χ3n) is 4.22. The number of ether oxygens (including phenoxy) is 2. The Morgan fingerprint density at radius 3 is 2.88 bits per heavy atom. The number of fused-ring (bicyclic) bond motifs is 3. The van der Waals surface area contributed by atoms with Gasteiger partial charge in [0.25, 0.3) is 0 Å². The average Bonchev–Trinajstić information content (AvgIpc) is 2.95. The first kappa shape index (κ1) is 18.0. The molecule has 1 aliphatic rings. The maximum Gasteiger partial charge on any atom is 0.126 e. The Bertz CT molecular complexity index is 815. The van der Waals surface area contributed by atoms with Crippen molar-refractivity contribution in [3.05, 3.63) is 28.8 Å². The van der Waals surface area contributed by atoms with Gasteiger partial charge in [-0.3, -0.25) is 0 Å². The number of aliphatic imine (C=N–C) groups is 1. The zero-order chi connectivity index (χ0) is 18.0. The van der Waals surface area contributed by atoms with E-state index in [1.807, 2.05) is 18.9 Å². The third kappa shape index (κ3) is 3.59. The summed E-state index contributed by atoms with van der Waals surface area (Å²) < 4.78 is 11.0. The first-order chi connectivity index (χ1) is 12.0. The normalized spacial score (nSPS) is 15.0. The minimum absolute atomic E-state index is 0.162. The van der Waals surface area contributed by atoms with Crippen molar-refractivity contribution in [2.45, 2.75) is 19.9 Å². The van der Waals surface area contributed by atoms with Crippen molar-refractivity contribution in [3.63, 3.8) is 0 Å². The lowest BCUT2D eigenvalue weighted by Gasteiger charge is -2.25. The van der Waals surface area contributed by atoms with E-state index in [-0.39, 0.29) is 6.04 Å². The molecule has 0 fully saturated rings. The van der Waals surface area contributed by atoms with E-state index >= 15 is 0 Å². The molecule has 1 unspecified atom stereocenters. The summed E-state index contributed by atoms with van der Waals surface area (Å²) in [5, 5.41) is 4.29. The summed E-state index contributed by atoms with van der Waals surface area (Å²) in [5.74, 6) is 0. The molecule has 1 N–H and O–H groups in total. The fraction of sp³-hybridized carbons (Fsp3) is 0.444. The van der Waals surface area contributed by atoms with Crippen molar-refractivity contribution in [2.24, 2.45) is 4.99 Å². The Balaban J connectivity index is 1.75. The summed E-state index contributed by atoms with van der Waals surface area (Å²) in [6, 6.07) is 2.26. The Hall–Kier alpha value is -1.80. The number of pyridine rings is 1. The van der Waals surface area contributed by atoms with E-state index in [0.717, 1.165) is 32.2 Å². The van der Waals surface area contributed by atoms with Crippen molar-refractivity contribution in [2.75, 3.05) is 34.1 Å². The van der Waals surface area contributed by atoms with Crippen LogP contribution in [0.25, 0.3) is 15.9 Å². The van der Waals surface area contributed by atoms with Gasteiger partial charge in [-0.15, -0.1) is 11.3 Å². The van der Waals surface area contributed by atoms with Crippen molar-refractivity contribution in [3.8, 4) is 0 Å². The molecule has 0 aromatic carbocycles. The van der Waals surface area contributed by atoms with E-state index < -0.39 is 0 Å². The van der Waals surface area contributed by atoms with Crippen LogP contribution in [0.15, 0.2) is 17.6 Å². The molecule has 2 aromatic heterocycles. The summed E-state index contributed by atoms with van der Waals surface area (Å²) in [6.45, 7) is 9.92. The monoisotopic (exact) mass is 360 g/mol. The van der Waals surface area contributed by atoms with Gasteiger partial charge in [0.05, 0.1) is 41.9 Å². The highest BCUT2D eigenvalue weighted by Gasteiger charge is 2.23. The number of thiophene rings is 1. The predicted octanol–water partition coefficient (Wildman–Crippen LogP) is 3.07. The molecule has 7 heteroatoms. The predicted molar refractivity (Wildman–Crippen MR) is 104 cm³/mol. The molecule has 0 spiro atoms. The van der Waals surface area contributed by atoms with Crippen LogP contribution in [0, 0.1) is 13.8 Å². The molecule has 0 aliphatic carbocycles. The van der Waals surface area contributed by atoms with Gasteiger partial charge in [0.1, 0.15) is 11.6 Å². The van der Waals surface area contributed by atoms with Crippen molar-refractivity contribution in [1.29, 1.82) is 0 Å². The molecule has 0 bridgehead atoms. The van der Waals surface area contributed by atoms with Gasteiger partial charge in [-0.25, -0.2) is 9.98 Å². The molecule has 2 aromatic rings. The summed E-state index contributed by atoms with van der Waals surface area (Å²) in [7, 11) is 3.58. The van der Waals surface area contributed by atoms with Crippen LogP contribution in [-0.2, 0) is 9.47 Å². The maximum absolute atomic E-state index is 5.80. The summed E-state index contributed by atoms with van der Waals surface area (Å²) >= 11 is 1.64. The molecule has 0 radical (unpaired) electrons.